The maximum Gasteiger partial charge on any atom is 0.237 e. The van der Waals surface area contributed by atoms with E-state index in [2.05, 4.69) is 10.1 Å². The third kappa shape index (κ3) is 3.51. The molecule has 1 aromatic carbocycles. The molecule has 0 bridgehead atoms. The van der Waals surface area contributed by atoms with Crippen LogP contribution in [0.1, 0.15) is 25.6 Å². The Morgan fingerprint density at radius 1 is 1.37 bits per heavy atom. The van der Waals surface area contributed by atoms with E-state index in [1.165, 1.54) is 0 Å². The van der Waals surface area contributed by atoms with Crippen molar-refractivity contribution >= 4 is 11.8 Å². The highest BCUT2D eigenvalue weighted by Crippen LogP contribution is 2.26. The van der Waals surface area contributed by atoms with E-state index in [1.807, 2.05) is 0 Å². The highest BCUT2D eigenvalue weighted by Gasteiger charge is 2.21. The van der Waals surface area contributed by atoms with Crippen LogP contribution in [0.3, 0.4) is 0 Å². The molecule has 0 fully saturated rings. The first-order chi connectivity index (χ1) is 8.86. The maximum absolute atomic E-state index is 13.4. The zero-order valence-corrected chi connectivity index (χ0v) is 11.3. The van der Waals surface area contributed by atoms with E-state index in [9.17, 15) is 8.78 Å². The summed E-state index contributed by atoms with van der Waals surface area (Å²) in [5.41, 5.74) is 5.12. The number of aromatic nitrogens is 2. The zero-order valence-electron chi connectivity index (χ0n) is 10.5. The molecule has 0 aliphatic carbocycles. The van der Waals surface area contributed by atoms with Gasteiger partial charge in [-0.05, 0) is 32.0 Å². The molecule has 2 aromatic rings. The quantitative estimate of drug-likeness (QED) is 0.875. The van der Waals surface area contributed by atoms with Crippen LogP contribution >= 0.6 is 11.8 Å². The molecule has 0 unspecified atom stereocenters. The summed E-state index contributed by atoms with van der Waals surface area (Å²) in [5, 5.41) is 3.75. The first-order valence-electron chi connectivity index (χ1n) is 5.56. The Morgan fingerprint density at radius 3 is 2.74 bits per heavy atom. The van der Waals surface area contributed by atoms with Gasteiger partial charge in [0.1, 0.15) is 11.6 Å². The summed E-state index contributed by atoms with van der Waals surface area (Å²) in [6.45, 7) is 3.50. The number of thioether (sulfide) groups is 1. The highest BCUT2D eigenvalue weighted by atomic mass is 32.2. The van der Waals surface area contributed by atoms with Crippen molar-refractivity contribution in [3.05, 3.63) is 41.5 Å². The van der Waals surface area contributed by atoms with Gasteiger partial charge in [-0.3, -0.25) is 0 Å². The molecular formula is C12H13F2N3OS. The Kier molecular flexibility index (Phi) is 3.86. The number of benzene rings is 1. The fourth-order valence-electron chi connectivity index (χ4n) is 1.30. The fraction of sp³-hybridized carbons (Fsp3) is 0.333. The van der Waals surface area contributed by atoms with Gasteiger partial charge in [0.15, 0.2) is 5.82 Å². The Bertz CT molecular complexity index is 581. The minimum atomic E-state index is -0.698. The molecular weight excluding hydrogens is 272 g/mol. The van der Waals surface area contributed by atoms with E-state index in [4.69, 9.17) is 10.3 Å². The lowest BCUT2D eigenvalue weighted by atomic mass is 10.1. The molecule has 0 radical (unpaired) electrons. The molecule has 2 N–H and O–H groups in total. The van der Waals surface area contributed by atoms with Crippen LogP contribution in [0.2, 0.25) is 0 Å². The van der Waals surface area contributed by atoms with Gasteiger partial charge in [-0.2, -0.15) is 4.98 Å². The monoisotopic (exact) mass is 285 g/mol. The maximum atomic E-state index is 13.4. The van der Waals surface area contributed by atoms with Crippen molar-refractivity contribution in [3.8, 4) is 0 Å². The minimum Gasteiger partial charge on any atom is -0.338 e. The van der Waals surface area contributed by atoms with Crippen LogP contribution in [-0.4, -0.2) is 10.1 Å². The third-order valence-electron chi connectivity index (χ3n) is 2.29. The second-order valence-electron chi connectivity index (χ2n) is 4.60. The summed E-state index contributed by atoms with van der Waals surface area (Å²) in [5.74, 6) is -0.0165. The van der Waals surface area contributed by atoms with Crippen LogP contribution in [0.15, 0.2) is 27.6 Å². The minimum absolute atomic E-state index is 0.201. The molecule has 7 heteroatoms. The van der Waals surface area contributed by atoms with Crippen molar-refractivity contribution in [2.24, 2.45) is 5.73 Å². The molecule has 0 aliphatic heterocycles. The van der Waals surface area contributed by atoms with Gasteiger partial charge in [-0.15, -0.1) is 11.8 Å². The van der Waals surface area contributed by atoms with E-state index >= 15 is 0 Å². The summed E-state index contributed by atoms with van der Waals surface area (Å²) in [6, 6.07) is 3.28. The van der Waals surface area contributed by atoms with E-state index in [0.717, 1.165) is 30.0 Å². The van der Waals surface area contributed by atoms with Gasteiger partial charge in [0.25, 0.3) is 0 Å². The van der Waals surface area contributed by atoms with Crippen LogP contribution in [0, 0.1) is 11.6 Å². The molecule has 0 atom stereocenters. The van der Waals surface area contributed by atoms with Gasteiger partial charge >= 0.3 is 0 Å². The van der Waals surface area contributed by atoms with E-state index < -0.39 is 17.2 Å². The Morgan fingerprint density at radius 2 is 2.11 bits per heavy atom. The number of rotatable bonds is 4. The SMILES string of the molecule is CC(C)(N)c1noc(CSc2cc(F)ccc2F)n1. The predicted molar refractivity (Wildman–Crippen MR) is 67.4 cm³/mol. The second kappa shape index (κ2) is 5.26. The standard InChI is InChI=1S/C12H13F2N3OS/c1-12(2,15)11-16-10(18-17-11)6-19-9-5-7(13)3-4-8(9)14/h3-5H,6,15H2,1-2H3. The molecule has 4 nitrogen and oxygen atoms in total. The van der Waals surface area contributed by atoms with Crippen molar-refractivity contribution in [3.63, 3.8) is 0 Å². The molecule has 19 heavy (non-hydrogen) atoms. The second-order valence-corrected chi connectivity index (χ2v) is 5.61. The van der Waals surface area contributed by atoms with Gasteiger partial charge in [0, 0.05) is 4.90 Å². The number of nitrogens with zero attached hydrogens (tertiary/aromatic N) is 2. The molecule has 0 aliphatic rings. The number of hydrogen-bond donors (Lipinski definition) is 1. The summed E-state index contributed by atoms with van der Waals surface area (Å²) in [7, 11) is 0. The largest absolute Gasteiger partial charge is 0.338 e. The van der Waals surface area contributed by atoms with E-state index in [-0.39, 0.29) is 10.6 Å². The molecule has 0 spiro atoms. The molecule has 0 amide bonds. The van der Waals surface area contributed by atoms with Crippen molar-refractivity contribution in [2.75, 3.05) is 0 Å². The fourth-order valence-corrected chi connectivity index (χ4v) is 2.10. The van der Waals surface area contributed by atoms with Gasteiger partial charge in [-0.25, -0.2) is 8.78 Å². The lowest BCUT2D eigenvalue weighted by molar-refractivity contribution is 0.370. The van der Waals surface area contributed by atoms with E-state index in [0.29, 0.717) is 11.7 Å². The smallest absolute Gasteiger partial charge is 0.237 e. The van der Waals surface area contributed by atoms with Gasteiger partial charge in [0.05, 0.1) is 11.3 Å². The highest BCUT2D eigenvalue weighted by molar-refractivity contribution is 7.98. The van der Waals surface area contributed by atoms with Crippen molar-refractivity contribution in [2.45, 2.75) is 30.0 Å². The Labute approximate surface area is 113 Å². The molecule has 1 aromatic heterocycles. The third-order valence-corrected chi connectivity index (χ3v) is 3.30. The zero-order chi connectivity index (χ0) is 14.0. The average Bonchev–Trinajstić information content (AvgIpc) is 2.79. The number of halogens is 2. The van der Waals surface area contributed by atoms with Gasteiger partial charge in [-0.1, -0.05) is 5.16 Å². The molecule has 0 saturated carbocycles. The number of hydrogen-bond acceptors (Lipinski definition) is 5. The summed E-state index contributed by atoms with van der Waals surface area (Å²) < 4.78 is 31.4. The summed E-state index contributed by atoms with van der Waals surface area (Å²) in [6.07, 6.45) is 0. The summed E-state index contributed by atoms with van der Waals surface area (Å²) >= 11 is 1.09. The van der Waals surface area contributed by atoms with Gasteiger partial charge in [0.2, 0.25) is 5.89 Å². The van der Waals surface area contributed by atoms with Crippen LogP contribution in [0.25, 0.3) is 0 Å². The van der Waals surface area contributed by atoms with Crippen LogP contribution in [0.5, 0.6) is 0 Å². The van der Waals surface area contributed by atoms with Gasteiger partial charge < -0.3 is 10.3 Å². The summed E-state index contributed by atoms with van der Waals surface area (Å²) in [4.78, 5) is 4.31. The Hall–Kier alpha value is -1.47. The molecule has 1 heterocycles. The predicted octanol–water partition coefficient (Wildman–Crippen LogP) is 2.83. The normalized spacial score (nSPS) is 11.8. The first kappa shape index (κ1) is 14.0. The molecule has 0 saturated heterocycles. The van der Waals surface area contributed by atoms with E-state index in [1.54, 1.807) is 13.8 Å². The average molecular weight is 285 g/mol. The van der Waals surface area contributed by atoms with Crippen molar-refractivity contribution in [1.82, 2.24) is 10.1 Å². The van der Waals surface area contributed by atoms with Crippen molar-refractivity contribution < 1.29 is 13.3 Å². The topological polar surface area (TPSA) is 64.9 Å². The molecule has 102 valence electrons. The molecule has 2 rings (SSSR count). The van der Waals surface area contributed by atoms with Crippen LogP contribution in [-0.2, 0) is 11.3 Å². The lowest BCUT2D eigenvalue weighted by Crippen LogP contribution is -2.30. The van der Waals surface area contributed by atoms with Crippen LogP contribution in [0.4, 0.5) is 8.78 Å². The van der Waals surface area contributed by atoms with Crippen molar-refractivity contribution in [1.29, 1.82) is 0 Å². The first-order valence-corrected chi connectivity index (χ1v) is 6.54. The number of nitrogens with two attached hydrogens (primary N) is 1. The van der Waals surface area contributed by atoms with Crippen LogP contribution < -0.4 is 5.73 Å². The Balaban J connectivity index is 2.06. The lowest BCUT2D eigenvalue weighted by Gasteiger charge is -2.11.